The van der Waals surface area contributed by atoms with Crippen molar-refractivity contribution in [2.75, 3.05) is 25.0 Å². The number of carbonyl (C=O) groups is 1. The van der Waals surface area contributed by atoms with E-state index >= 15 is 0 Å². The van der Waals surface area contributed by atoms with E-state index in [-0.39, 0.29) is 18.3 Å². The minimum Gasteiger partial charge on any atom is -0.492 e. The molecule has 0 saturated heterocycles. The molecule has 2 aromatic carbocycles. The van der Waals surface area contributed by atoms with Gasteiger partial charge in [-0.25, -0.2) is 9.38 Å². The van der Waals surface area contributed by atoms with Gasteiger partial charge in [0.2, 0.25) is 5.91 Å². The third-order valence-corrected chi connectivity index (χ3v) is 3.53. The fourth-order valence-electron chi connectivity index (χ4n) is 2.34. The van der Waals surface area contributed by atoms with Crippen molar-refractivity contribution in [3.8, 4) is 5.75 Å². The van der Waals surface area contributed by atoms with Crippen LogP contribution in [0.15, 0.2) is 53.5 Å². The Morgan fingerprint density at radius 2 is 1.96 bits per heavy atom. The molecule has 0 heterocycles. The van der Waals surface area contributed by atoms with Gasteiger partial charge in [-0.1, -0.05) is 24.3 Å². The van der Waals surface area contributed by atoms with Crippen molar-refractivity contribution >= 4 is 17.6 Å². The molecular formula is C20H25FN4O2. The van der Waals surface area contributed by atoms with Crippen LogP contribution in [0, 0.1) is 5.82 Å². The van der Waals surface area contributed by atoms with Crippen LogP contribution in [0.25, 0.3) is 0 Å². The summed E-state index contributed by atoms with van der Waals surface area (Å²) in [5.41, 5.74) is 1.23. The summed E-state index contributed by atoms with van der Waals surface area (Å²) in [7, 11) is 0. The van der Waals surface area contributed by atoms with E-state index in [9.17, 15) is 9.18 Å². The number of guanidine groups is 1. The van der Waals surface area contributed by atoms with Crippen LogP contribution in [0.4, 0.5) is 10.1 Å². The number of rotatable bonds is 8. The number of aliphatic imine (C=N–C) groups is 1. The van der Waals surface area contributed by atoms with Gasteiger partial charge in [-0.05, 0) is 25.1 Å². The van der Waals surface area contributed by atoms with E-state index in [2.05, 4.69) is 20.9 Å². The number of carbonyl (C=O) groups excluding carboxylic acids is 1. The van der Waals surface area contributed by atoms with Crippen LogP contribution < -0.4 is 20.7 Å². The van der Waals surface area contributed by atoms with Gasteiger partial charge >= 0.3 is 0 Å². The van der Waals surface area contributed by atoms with Crippen LogP contribution in [-0.4, -0.2) is 31.6 Å². The lowest BCUT2D eigenvalue weighted by Crippen LogP contribution is -2.39. The Kier molecular flexibility index (Phi) is 8.09. The van der Waals surface area contributed by atoms with Gasteiger partial charge in [0.25, 0.3) is 0 Å². The third-order valence-electron chi connectivity index (χ3n) is 3.53. The van der Waals surface area contributed by atoms with Crippen molar-refractivity contribution < 1.29 is 13.9 Å². The lowest BCUT2D eigenvalue weighted by atomic mass is 10.2. The summed E-state index contributed by atoms with van der Waals surface area (Å²) >= 11 is 0. The van der Waals surface area contributed by atoms with Crippen LogP contribution in [-0.2, 0) is 11.3 Å². The van der Waals surface area contributed by atoms with Gasteiger partial charge in [0.1, 0.15) is 18.2 Å². The van der Waals surface area contributed by atoms with Gasteiger partial charge in [0.05, 0.1) is 13.1 Å². The molecule has 27 heavy (non-hydrogen) atoms. The molecule has 3 N–H and O–H groups in total. The average Bonchev–Trinajstić information content (AvgIpc) is 2.64. The van der Waals surface area contributed by atoms with Gasteiger partial charge in [-0.15, -0.1) is 0 Å². The molecule has 0 aliphatic heterocycles. The fraction of sp³-hybridized carbons (Fsp3) is 0.300. The smallest absolute Gasteiger partial charge is 0.221 e. The summed E-state index contributed by atoms with van der Waals surface area (Å²) in [6, 6.07) is 13.8. The first kappa shape index (κ1) is 20.2. The Morgan fingerprint density at radius 1 is 1.15 bits per heavy atom. The Hall–Kier alpha value is -3.09. The first-order valence-electron chi connectivity index (χ1n) is 8.84. The van der Waals surface area contributed by atoms with E-state index in [4.69, 9.17) is 4.74 Å². The van der Waals surface area contributed by atoms with Crippen LogP contribution in [0.2, 0.25) is 0 Å². The molecule has 0 aromatic heterocycles. The minimum atomic E-state index is -0.264. The molecule has 0 unspecified atom stereocenters. The number of nitrogens with zero attached hydrogens (tertiary/aromatic N) is 1. The highest BCUT2D eigenvalue weighted by molar-refractivity contribution is 5.88. The predicted molar refractivity (Wildman–Crippen MR) is 105 cm³/mol. The molecular weight excluding hydrogens is 347 g/mol. The van der Waals surface area contributed by atoms with Gasteiger partial charge in [-0.2, -0.15) is 0 Å². The van der Waals surface area contributed by atoms with Gasteiger partial charge in [0, 0.05) is 30.8 Å². The summed E-state index contributed by atoms with van der Waals surface area (Å²) in [5, 5.41) is 8.98. The number of ether oxygens (including phenoxy) is 1. The van der Waals surface area contributed by atoms with E-state index in [1.165, 1.54) is 13.0 Å². The van der Waals surface area contributed by atoms with Crippen molar-refractivity contribution in [2.45, 2.75) is 20.4 Å². The Labute approximate surface area is 158 Å². The van der Waals surface area contributed by atoms with Crippen molar-refractivity contribution in [2.24, 2.45) is 4.99 Å². The number of hydrogen-bond acceptors (Lipinski definition) is 3. The number of benzene rings is 2. The zero-order valence-corrected chi connectivity index (χ0v) is 15.6. The molecule has 1 amide bonds. The normalized spacial score (nSPS) is 11.0. The van der Waals surface area contributed by atoms with E-state index in [1.54, 1.807) is 30.3 Å². The monoisotopic (exact) mass is 372 g/mol. The van der Waals surface area contributed by atoms with E-state index in [0.29, 0.717) is 42.7 Å². The van der Waals surface area contributed by atoms with Crippen molar-refractivity contribution in [3.63, 3.8) is 0 Å². The molecule has 0 bridgehead atoms. The minimum absolute atomic E-state index is 0.129. The lowest BCUT2D eigenvalue weighted by molar-refractivity contribution is -0.114. The maximum atomic E-state index is 13.7. The molecule has 0 atom stereocenters. The number of halogens is 1. The van der Waals surface area contributed by atoms with Crippen LogP contribution in [0.3, 0.4) is 0 Å². The topological polar surface area (TPSA) is 74.8 Å². The molecule has 6 nitrogen and oxygen atoms in total. The van der Waals surface area contributed by atoms with Crippen LogP contribution in [0.1, 0.15) is 19.4 Å². The number of hydrogen-bond donors (Lipinski definition) is 3. The van der Waals surface area contributed by atoms with E-state index < -0.39 is 0 Å². The zero-order chi connectivity index (χ0) is 19.5. The number of amides is 1. The average molecular weight is 372 g/mol. The second-order valence-corrected chi connectivity index (χ2v) is 5.77. The summed E-state index contributed by atoms with van der Waals surface area (Å²) in [4.78, 5) is 15.5. The highest BCUT2D eigenvalue weighted by Crippen LogP contribution is 2.17. The zero-order valence-electron chi connectivity index (χ0n) is 15.6. The van der Waals surface area contributed by atoms with E-state index in [1.807, 2.05) is 19.1 Å². The standard InChI is InChI=1S/C20H25FN4O2/c1-3-22-20(24-14-16-7-4-5-10-19(16)21)23-11-12-27-18-9-6-8-17(13-18)25-15(2)26/h4-10,13H,3,11-12,14H2,1-2H3,(H,25,26)(H2,22,23,24). The molecule has 0 fully saturated rings. The molecule has 2 rings (SSSR count). The largest absolute Gasteiger partial charge is 0.492 e. The quantitative estimate of drug-likeness (QED) is 0.378. The molecule has 0 spiro atoms. The highest BCUT2D eigenvalue weighted by Gasteiger charge is 2.02. The van der Waals surface area contributed by atoms with Crippen molar-refractivity contribution in [1.82, 2.24) is 10.6 Å². The Balaban J connectivity index is 1.83. The molecule has 0 radical (unpaired) electrons. The first-order valence-corrected chi connectivity index (χ1v) is 8.84. The first-order chi connectivity index (χ1) is 13.1. The fourth-order valence-corrected chi connectivity index (χ4v) is 2.34. The summed E-state index contributed by atoms with van der Waals surface area (Å²) in [5.74, 6) is 0.863. The SMILES string of the molecule is CCNC(=NCc1ccccc1F)NCCOc1cccc(NC(C)=O)c1. The summed E-state index contributed by atoms with van der Waals surface area (Å²) in [6.07, 6.45) is 0. The maximum Gasteiger partial charge on any atom is 0.221 e. The van der Waals surface area contributed by atoms with Crippen molar-refractivity contribution in [3.05, 3.63) is 59.9 Å². The van der Waals surface area contributed by atoms with Gasteiger partial charge in [0.15, 0.2) is 5.96 Å². The summed E-state index contributed by atoms with van der Waals surface area (Å²) < 4.78 is 19.4. The maximum absolute atomic E-state index is 13.7. The van der Waals surface area contributed by atoms with Gasteiger partial charge < -0.3 is 20.7 Å². The lowest BCUT2D eigenvalue weighted by Gasteiger charge is -2.13. The molecule has 0 saturated carbocycles. The molecule has 0 aliphatic rings. The van der Waals surface area contributed by atoms with Gasteiger partial charge in [-0.3, -0.25) is 4.79 Å². The predicted octanol–water partition coefficient (Wildman–Crippen LogP) is 2.92. The molecule has 7 heteroatoms. The third kappa shape index (κ3) is 7.35. The van der Waals surface area contributed by atoms with E-state index in [0.717, 1.165) is 0 Å². The number of anilines is 1. The molecule has 144 valence electrons. The Morgan fingerprint density at radius 3 is 2.70 bits per heavy atom. The van der Waals surface area contributed by atoms with Crippen molar-refractivity contribution in [1.29, 1.82) is 0 Å². The highest BCUT2D eigenvalue weighted by atomic mass is 19.1. The molecule has 0 aliphatic carbocycles. The second-order valence-electron chi connectivity index (χ2n) is 5.77. The van der Waals surface area contributed by atoms with Crippen LogP contribution >= 0.6 is 0 Å². The van der Waals surface area contributed by atoms with Crippen LogP contribution in [0.5, 0.6) is 5.75 Å². The molecule has 2 aromatic rings. The Bertz CT molecular complexity index is 780. The second kappa shape index (κ2) is 10.8. The number of nitrogens with one attached hydrogen (secondary N) is 3. The summed E-state index contributed by atoms with van der Waals surface area (Å²) in [6.45, 7) is 5.30.